The summed E-state index contributed by atoms with van der Waals surface area (Å²) in [6.07, 6.45) is 3.34. The quantitative estimate of drug-likeness (QED) is 0.810. The molecule has 5 nitrogen and oxygen atoms in total. The highest BCUT2D eigenvalue weighted by Gasteiger charge is 2.31. The molecule has 0 aromatic rings. The maximum Gasteiger partial charge on any atom is 0.223 e. The molecule has 2 amide bonds. The Bertz CT molecular complexity index is 356. The summed E-state index contributed by atoms with van der Waals surface area (Å²) >= 11 is 0. The Kier molecular flexibility index (Phi) is 6.27. The fourth-order valence-corrected chi connectivity index (χ4v) is 2.82. The fourth-order valence-electron chi connectivity index (χ4n) is 2.82. The molecule has 1 unspecified atom stereocenters. The van der Waals surface area contributed by atoms with E-state index in [1.165, 1.54) is 0 Å². The molecule has 0 aromatic heterocycles. The van der Waals surface area contributed by atoms with Gasteiger partial charge in [-0.05, 0) is 37.8 Å². The SMILES string of the molecule is CN1CCC(C(=O)NCC2(C)CCNCC2)CC1=O.Cl. The van der Waals surface area contributed by atoms with Crippen LogP contribution in [0.2, 0.25) is 0 Å². The first kappa shape index (κ1) is 17.2. The molecule has 2 rings (SSSR count). The fraction of sp³-hybridized carbons (Fsp3) is 0.857. The van der Waals surface area contributed by atoms with Crippen LogP contribution in [0.5, 0.6) is 0 Å². The first-order chi connectivity index (χ1) is 9.00. The number of nitrogens with one attached hydrogen (secondary N) is 2. The number of carbonyl (C=O) groups is 2. The van der Waals surface area contributed by atoms with Crippen LogP contribution in [-0.2, 0) is 9.59 Å². The van der Waals surface area contributed by atoms with Gasteiger partial charge in [-0.3, -0.25) is 9.59 Å². The van der Waals surface area contributed by atoms with Crippen LogP contribution in [-0.4, -0.2) is 49.9 Å². The lowest BCUT2D eigenvalue weighted by molar-refractivity contribution is -0.139. The number of hydrogen-bond donors (Lipinski definition) is 2. The summed E-state index contributed by atoms with van der Waals surface area (Å²) in [6.45, 7) is 5.71. The van der Waals surface area contributed by atoms with E-state index in [0.717, 1.165) is 38.9 Å². The Balaban J connectivity index is 0.00000200. The predicted molar refractivity (Wildman–Crippen MR) is 80.8 cm³/mol. The lowest BCUT2D eigenvalue weighted by Gasteiger charge is -2.35. The van der Waals surface area contributed by atoms with Gasteiger partial charge >= 0.3 is 0 Å². The van der Waals surface area contributed by atoms with Crippen LogP contribution in [0.15, 0.2) is 0 Å². The van der Waals surface area contributed by atoms with Gasteiger partial charge in [0.25, 0.3) is 0 Å². The number of hydrogen-bond acceptors (Lipinski definition) is 3. The Labute approximate surface area is 127 Å². The van der Waals surface area contributed by atoms with Crippen molar-refractivity contribution in [1.29, 1.82) is 0 Å². The van der Waals surface area contributed by atoms with Gasteiger partial charge in [0, 0.05) is 32.5 Å². The molecule has 0 aliphatic carbocycles. The van der Waals surface area contributed by atoms with Crippen molar-refractivity contribution in [3.05, 3.63) is 0 Å². The third-order valence-corrected chi connectivity index (χ3v) is 4.53. The molecule has 0 saturated carbocycles. The molecular formula is C14H26ClN3O2. The summed E-state index contributed by atoms with van der Waals surface area (Å²) in [5, 5.41) is 6.40. The highest BCUT2D eigenvalue weighted by Crippen LogP contribution is 2.27. The molecule has 2 aliphatic rings. The second-order valence-corrected chi connectivity index (χ2v) is 6.28. The minimum Gasteiger partial charge on any atom is -0.355 e. The smallest absolute Gasteiger partial charge is 0.223 e. The number of likely N-dealkylation sites (tertiary alicyclic amines) is 1. The Morgan fingerprint density at radius 1 is 1.45 bits per heavy atom. The zero-order valence-electron chi connectivity index (χ0n) is 12.4. The van der Waals surface area contributed by atoms with Crippen LogP contribution in [0.4, 0.5) is 0 Å². The molecule has 1 atom stereocenters. The van der Waals surface area contributed by atoms with E-state index in [9.17, 15) is 9.59 Å². The number of piperidine rings is 2. The summed E-state index contributed by atoms with van der Waals surface area (Å²) in [6, 6.07) is 0. The first-order valence-electron chi connectivity index (χ1n) is 7.23. The lowest BCUT2D eigenvalue weighted by Crippen LogP contribution is -2.46. The number of carbonyl (C=O) groups excluding carboxylic acids is 2. The van der Waals surface area contributed by atoms with Gasteiger partial charge in [-0.2, -0.15) is 0 Å². The van der Waals surface area contributed by atoms with E-state index < -0.39 is 0 Å². The van der Waals surface area contributed by atoms with Gasteiger partial charge in [-0.1, -0.05) is 6.92 Å². The van der Waals surface area contributed by atoms with Crippen molar-refractivity contribution in [2.75, 3.05) is 33.2 Å². The second-order valence-electron chi connectivity index (χ2n) is 6.28. The van der Waals surface area contributed by atoms with Crippen LogP contribution in [0.3, 0.4) is 0 Å². The number of halogens is 1. The molecule has 20 heavy (non-hydrogen) atoms. The third-order valence-electron chi connectivity index (χ3n) is 4.53. The Hall–Kier alpha value is -0.810. The lowest BCUT2D eigenvalue weighted by atomic mass is 9.81. The average Bonchev–Trinajstić information content (AvgIpc) is 2.40. The molecule has 0 aromatic carbocycles. The molecule has 2 aliphatic heterocycles. The summed E-state index contributed by atoms with van der Waals surface area (Å²) < 4.78 is 0. The van der Waals surface area contributed by atoms with Crippen LogP contribution in [0.25, 0.3) is 0 Å². The number of amides is 2. The monoisotopic (exact) mass is 303 g/mol. The predicted octanol–water partition coefficient (Wildman–Crippen LogP) is 0.782. The number of rotatable bonds is 3. The molecule has 2 fully saturated rings. The van der Waals surface area contributed by atoms with E-state index in [2.05, 4.69) is 17.6 Å². The summed E-state index contributed by atoms with van der Waals surface area (Å²) in [5.74, 6) is 0.00898. The van der Waals surface area contributed by atoms with E-state index >= 15 is 0 Å². The van der Waals surface area contributed by atoms with Gasteiger partial charge < -0.3 is 15.5 Å². The summed E-state index contributed by atoms with van der Waals surface area (Å²) in [5.41, 5.74) is 0.205. The maximum absolute atomic E-state index is 12.1. The van der Waals surface area contributed by atoms with E-state index in [-0.39, 0.29) is 35.6 Å². The van der Waals surface area contributed by atoms with Crippen LogP contribution < -0.4 is 10.6 Å². The molecular weight excluding hydrogens is 278 g/mol. The average molecular weight is 304 g/mol. The molecule has 2 heterocycles. The van der Waals surface area contributed by atoms with Gasteiger partial charge in [0.1, 0.15) is 0 Å². The topological polar surface area (TPSA) is 61.4 Å². The molecule has 0 spiro atoms. The standard InChI is InChI=1S/C14H25N3O2.ClH/c1-14(4-6-15-7-5-14)10-16-13(19)11-3-8-17(2)12(18)9-11;/h11,15H,3-10H2,1-2H3,(H,16,19);1H. The minimum atomic E-state index is -0.131. The van der Waals surface area contributed by atoms with Crippen molar-refractivity contribution < 1.29 is 9.59 Å². The van der Waals surface area contributed by atoms with Crippen LogP contribution in [0.1, 0.15) is 32.6 Å². The van der Waals surface area contributed by atoms with Crippen molar-refractivity contribution in [2.45, 2.75) is 32.6 Å². The zero-order chi connectivity index (χ0) is 13.9. The molecule has 0 radical (unpaired) electrons. The largest absolute Gasteiger partial charge is 0.355 e. The Morgan fingerprint density at radius 3 is 2.70 bits per heavy atom. The Morgan fingerprint density at radius 2 is 2.10 bits per heavy atom. The van der Waals surface area contributed by atoms with E-state index in [4.69, 9.17) is 0 Å². The highest BCUT2D eigenvalue weighted by atomic mass is 35.5. The second kappa shape index (κ2) is 7.27. The third kappa shape index (κ3) is 4.35. The summed E-state index contributed by atoms with van der Waals surface area (Å²) in [7, 11) is 1.80. The van der Waals surface area contributed by atoms with E-state index in [1.54, 1.807) is 11.9 Å². The molecule has 2 N–H and O–H groups in total. The van der Waals surface area contributed by atoms with Gasteiger partial charge in [0.2, 0.25) is 11.8 Å². The summed E-state index contributed by atoms with van der Waals surface area (Å²) in [4.78, 5) is 25.5. The van der Waals surface area contributed by atoms with Gasteiger partial charge in [-0.15, -0.1) is 12.4 Å². The first-order valence-corrected chi connectivity index (χ1v) is 7.23. The van der Waals surface area contributed by atoms with Crippen molar-refractivity contribution >= 4 is 24.2 Å². The molecule has 0 bridgehead atoms. The van der Waals surface area contributed by atoms with Crippen molar-refractivity contribution in [1.82, 2.24) is 15.5 Å². The molecule has 2 saturated heterocycles. The van der Waals surface area contributed by atoms with Gasteiger partial charge in [0.05, 0.1) is 0 Å². The van der Waals surface area contributed by atoms with Crippen LogP contribution in [0, 0.1) is 11.3 Å². The molecule has 116 valence electrons. The van der Waals surface area contributed by atoms with E-state index in [0.29, 0.717) is 13.0 Å². The normalized spacial score (nSPS) is 25.8. The maximum atomic E-state index is 12.1. The van der Waals surface area contributed by atoms with Gasteiger partial charge in [-0.25, -0.2) is 0 Å². The highest BCUT2D eigenvalue weighted by molar-refractivity contribution is 5.86. The minimum absolute atomic E-state index is 0. The van der Waals surface area contributed by atoms with Crippen molar-refractivity contribution in [3.63, 3.8) is 0 Å². The number of nitrogens with zero attached hydrogens (tertiary/aromatic N) is 1. The van der Waals surface area contributed by atoms with E-state index in [1.807, 2.05) is 0 Å². The molecule has 6 heteroatoms. The van der Waals surface area contributed by atoms with Crippen molar-refractivity contribution in [3.8, 4) is 0 Å². The zero-order valence-corrected chi connectivity index (χ0v) is 13.2. The van der Waals surface area contributed by atoms with Crippen LogP contribution >= 0.6 is 12.4 Å². The van der Waals surface area contributed by atoms with Crippen molar-refractivity contribution in [2.24, 2.45) is 11.3 Å². The van der Waals surface area contributed by atoms with Gasteiger partial charge in [0.15, 0.2) is 0 Å².